The molecule has 0 fully saturated rings. The molecule has 0 unspecified atom stereocenters. The van der Waals surface area contributed by atoms with E-state index in [4.69, 9.17) is 5.11 Å². The van der Waals surface area contributed by atoms with Crippen LogP contribution in [0.15, 0.2) is 12.4 Å². The first kappa shape index (κ1) is 8.45. The van der Waals surface area contributed by atoms with Crippen molar-refractivity contribution in [1.82, 2.24) is 9.55 Å². The first-order valence-electron chi connectivity index (χ1n) is 3.42. The van der Waals surface area contributed by atoms with Crippen LogP contribution < -0.4 is 0 Å². The maximum Gasteiger partial charge on any atom is 0.305 e. The van der Waals surface area contributed by atoms with Crippen molar-refractivity contribution in [2.45, 2.75) is 13.0 Å². The van der Waals surface area contributed by atoms with Gasteiger partial charge in [-0.1, -0.05) is 0 Å². The number of aromatic nitrogens is 2. The normalized spacial score (nSPS) is 9.67. The number of aldehydes is 1. The van der Waals surface area contributed by atoms with Crippen LogP contribution in [-0.4, -0.2) is 26.9 Å². The molecule has 0 amide bonds. The average Bonchev–Trinajstić information content (AvgIpc) is 2.47. The minimum absolute atomic E-state index is 0.00278. The van der Waals surface area contributed by atoms with Gasteiger partial charge in [-0.2, -0.15) is 0 Å². The Kier molecular flexibility index (Phi) is 2.57. The number of carbonyl (C=O) groups is 2. The van der Waals surface area contributed by atoms with Gasteiger partial charge in [0.1, 0.15) is 0 Å². The number of rotatable bonds is 4. The van der Waals surface area contributed by atoms with E-state index in [9.17, 15) is 9.59 Å². The van der Waals surface area contributed by atoms with E-state index in [1.165, 1.54) is 10.8 Å². The molecular formula is C7H8N2O3. The Bertz CT molecular complexity index is 293. The number of carbonyl (C=O) groups excluding carboxylic acids is 1. The summed E-state index contributed by atoms with van der Waals surface area (Å²) in [6.45, 7) is 0.281. The summed E-state index contributed by atoms with van der Waals surface area (Å²) in [4.78, 5) is 24.2. The molecular weight excluding hydrogens is 160 g/mol. The number of aryl methyl sites for hydroxylation is 1. The number of aliphatic carboxylic acids is 1. The van der Waals surface area contributed by atoms with Gasteiger partial charge in [0, 0.05) is 18.9 Å². The molecule has 1 aromatic rings. The van der Waals surface area contributed by atoms with Gasteiger partial charge < -0.3 is 9.67 Å². The highest BCUT2D eigenvalue weighted by Crippen LogP contribution is 1.96. The summed E-state index contributed by atoms with van der Waals surface area (Å²) >= 11 is 0. The van der Waals surface area contributed by atoms with E-state index < -0.39 is 5.97 Å². The lowest BCUT2D eigenvalue weighted by Crippen LogP contribution is -2.06. The van der Waals surface area contributed by atoms with Crippen LogP contribution in [0, 0.1) is 0 Å². The summed E-state index contributed by atoms with van der Waals surface area (Å²) in [6, 6.07) is 0. The fourth-order valence-corrected chi connectivity index (χ4v) is 0.844. The zero-order chi connectivity index (χ0) is 8.97. The lowest BCUT2D eigenvalue weighted by molar-refractivity contribution is -0.137. The molecule has 5 nitrogen and oxygen atoms in total. The van der Waals surface area contributed by atoms with E-state index in [1.807, 2.05) is 0 Å². The number of imidazole rings is 1. The van der Waals surface area contributed by atoms with Crippen molar-refractivity contribution in [3.63, 3.8) is 0 Å². The van der Waals surface area contributed by atoms with E-state index >= 15 is 0 Å². The van der Waals surface area contributed by atoms with E-state index in [0.717, 1.165) is 0 Å². The summed E-state index contributed by atoms with van der Waals surface area (Å²) in [5.74, 6) is -0.628. The third-order valence-electron chi connectivity index (χ3n) is 1.42. The second-order valence-electron chi connectivity index (χ2n) is 2.24. The third-order valence-corrected chi connectivity index (χ3v) is 1.42. The maximum absolute atomic E-state index is 10.3. The third kappa shape index (κ3) is 1.91. The van der Waals surface area contributed by atoms with E-state index in [0.29, 0.717) is 6.29 Å². The highest BCUT2D eigenvalue weighted by Gasteiger charge is 2.02. The molecule has 1 N–H and O–H groups in total. The molecule has 12 heavy (non-hydrogen) atoms. The fraction of sp³-hybridized carbons (Fsp3) is 0.286. The molecule has 0 atom stereocenters. The molecule has 1 aromatic heterocycles. The summed E-state index contributed by atoms with van der Waals surface area (Å²) in [7, 11) is 0. The molecule has 5 heteroatoms. The average molecular weight is 168 g/mol. The van der Waals surface area contributed by atoms with Crippen LogP contribution in [0.5, 0.6) is 0 Å². The molecule has 1 heterocycles. The molecule has 0 saturated carbocycles. The van der Waals surface area contributed by atoms with Crippen molar-refractivity contribution in [2.24, 2.45) is 0 Å². The number of carboxylic acid groups (broad SMARTS) is 1. The van der Waals surface area contributed by atoms with Crippen LogP contribution >= 0.6 is 0 Å². The van der Waals surface area contributed by atoms with Crippen molar-refractivity contribution in [1.29, 1.82) is 0 Å². The van der Waals surface area contributed by atoms with E-state index in [-0.39, 0.29) is 18.8 Å². The Labute approximate surface area is 68.6 Å². The lowest BCUT2D eigenvalue weighted by atomic mass is 10.4. The highest BCUT2D eigenvalue weighted by atomic mass is 16.4. The van der Waals surface area contributed by atoms with Crippen molar-refractivity contribution < 1.29 is 14.7 Å². The number of hydrogen-bond acceptors (Lipinski definition) is 3. The molecule has 0 saturated heterocycles. The minimum Gasteiger partial charge on any atom is -0.481 e. The fourth-order valence-electron chi connectivity index (χ4n) is 0.844. The Hall–Kier alpha value is -1.65. The van der Waals surface area contributed by atoms with Crippen molar-refractivity contribution in [2.75, 3.05) is 0 Å². The molecule has 0 radical (unpaired) electrons. The van der Waals surface area contributed by atoms with Gasteiger partial charge in [-0.3, -0.25) is 9.59 Å². The van der Waals surface area contributed by atoms with Crippen molar-refractivity contribution >= 4 is 12.3 Å². The number of nitrogens with zero attached hydrogens (tertiary/aromatic N) is 2. The molecule has 0 aromatic carbocycles. The number of hydrogen-bond donors (Lipinski definition) is 1. The molecule has 0 aliphatic rings. The predicted molar refractivity (Wildman–Crippen MR) is 39.9 cm³/mol. The summed E-state index contributed by atoms with van der Waals surface area (Å²) < 4.78 is 1.50. The molecule has 0 bridgehead atoms. The zero-order valence-corrected chi connectivity index (χ0v) is 6.30. The smallest absolute Gasteiger partial charge is 0.305 e. The molecule has 64 valence electrons. The monoisotopic (exact) mass is 168 g/mol. The van der Waals surface area contributed by atoms with Gasteiger partial charge in [-0.05, 0) is 0 Å². The minimum atomic E-state index is -0.888. The predicted octanol–water partition coefficient (Wildman–Crippen LogP) is 0.170. The van der Waals surface area contributed by atoms with Gasteiger partial charge in [-0.25, -0.2) is 4.98 Å². The SMILES string of the molecule is O=Cc1nccn1CCC(=O)O. The van der Waals surface area contributed by atoms with Gasteiger partial charge >= 0.3 is 5.97 Å². The van der Waals surface area contributed by atoms with Crippen LogP contribution in [0.4, 0.5) is 0 Å². The topological polar surface area (TPSA) is 72.2 Å². The van der Waals surface area contributed by atoms with E-state index in [1.54, 1.807) is 6.20 Å². The first-order valence-corrected chi connectivity index (χ1v) is 3.42. The second kappa shape index (κ2) is 3.66. The Balaban J connectivity index is 2.62. The zero-order valence-electron chi connectivity index (χ0n) is 6.30. The second-order valence-corrected chi connectivity index (χ2v) is 2.24. The standard InChI is InChI=1S/C7H8N2O3/c10-5-6-8-2-4-9(6)3-1-7(11)12/h2,4-5H,1,3H2,(H,11,12). The first-order chi connectivity index (χ1) is 5.74. The molecule has 1 rings (SSSR count). The summed E-state index contributed by atoms with van der Waals surface area (Å²) in [6.07, 6.45) is 3.64. The van der Waals surface area contributed by atoms with Gasteiger partial charge in [0.15, 0.2) is 12.1 Å². The van der Waals surface area contributed by atoms with Crippen LogP contribution in [0.25, 0.3) is 0 Å². The van der Waals surface area contributed by atoms with Gasteiger partial charge in [0.05, 0.1) is 6.42 Å². The van der Waals surface area contributed by atoms with Crippen LogP contribution in [-0.2, 0) is 11.3 Å². The van der Waals surface area contributed by atoms with Gasteiger partial charge in [-0.15, -0.1) is 0 Å². The maximum atomic E-state index is 10.3. The van der Waals surface area contributed by atoms with Gasteiger partial charge in [0.2, 0.25) is 0 Å². The van der Waals surface area contributed by atoms with Crippen LogP contribution in [0.3, 0.4) is 0 Å². The molecule has 0 spiro atoms. The Morgan fingerprint density at radius 3 is 3.08 bits per heavy atom. The molecule has 0 aliphatic heterocycles. The lowest BCUT2D eigenvalue weighted by Gasteiger charge is -1.99. The highest BCUT2D eigenvalue weighted by molar-refractivity contribution is 5.69. The summed E-state index contributed by atoms with van der Waals surface area (Å²) in [5, 5.41) is 8.35. The Morgan fingerprint density at radius 2 is 2.50 bits per heavy atom. The van der Waals surface area contributed by atoms with Crippen molar-refractivity contribution in [3.05, 3.63) is 18.2 Å². The largest absolute Gasteiger partial charge is 0.481 e. The Morgan fingerprint density at radius 1 is 1.75 bits per heavy atom. The van der Waals surface area contributed by atoms with Crippen LogP contribution in [0.1, 0.15) is 17.0 Å². The number of carboxylic acids is 1. The van der Waals surface area contributed by atoms with Gasteiger partial charge in [0.25, 0.3) is 0 Å². The van der Waals surface area contributed by atoms with Crippen LogP contribution in [0.2, 0.25) is 0 Å². The summed E-state index contributed by atoms with van der Waals surface area (Å²) in [5.41, 5.74) is 0. The van der Waals surface area contributed by atoms with E-state index in [2.05, 4.69) is 4.98 Å². The quantitative estimate of drug-likeness (QED) is 0.650. The van der Waals surface area contributed by atoms with Crippen molar-refractivity contribution in [3.8, 4) is 0 Å². The molecule has 0 aliphatic carbocycles.